The summed E-state index contributed by atoms with van der Waals surface area (Å²) in [5.74, 6) is 0.837. The monoisotopic (exact) mass is 269 g/mol. The molecule has 2 heterocycles. The first-order valence-electron chi connectivity index (χ1n) is 6.42. The molecule has 1 aromatic carbocycles. The maximum atomic E-state index is 4.33. The van der Waals surface area contributed by atoms with Crippen molar-refractivity contribution in [1.82, 2.24) is 10.2 Å². The lowest BCUT2D eigenvalue weighted by molar-refractivity contribution is 0.946. The number of thiophene rings is 1. The third kappa shape index (κ3) is 2.44. The highest BCUT2D eigenvalue weighted by Crippen LogP contribution is 2.31. The Morgan fingerprint density at radius 2 is 2.05 bits per heavy atom. The molecule has 3 aromatic rings. The fourth-order valence-electron chi connectivity index (χ4n) is 2.02. The number of benzene rings is 1. The molecule has 0 radical (unpaired) electrons. The van der Waals surface area contributed by atoms with Crippen molar-refractivity contribution in [1.29, 1.82) is 0 Å². The van der Waals surface area contributed by atoms with Gasteiger partial charge in [-0.25, -0.2) is 0 Å². The fraction of sp³-hybridized carbons (Fsp3) is 0.200. The normalized spacial score (nSPS) is 10.8. The second-order valence-corrected chi connectivity index (χ2v) is 5.29. The zero-order valence-electron chi connectivity index (χ0n) is 10.8. The molecule has 0 spiro atoms. The van der Waals surface area contributed by atoms with Crippen LogP contribution in [-0.2, 0) is 0 Å². The lowest BCUT2D eigenvalue weighted by Gasteiger charge is -2.05. The molecule has 0 atom stereocenters. The predicted molar refractivity (Wildman–Crippen MR) is 81.6 cm³/mol. The molecule has 19 heavy (non-hydrogen) atoms. The molecule has 0 fully saturated rings. The Bertz CT molecular complexity index is 673. The van der Waals surface area contributed by atoms with E-state index in [2.05, 4.69) is 52.1 Å². The number of fused-ring (bicyclic) bond motifs is 1. The van der Waals surface area contributed by atoms with Crippen LogP contribution in [-0.4, -0.2) is 16.7 Å². The van der Waals surface area contributed by atoms with Gasteiger partial charge in [-0.3, -0.25) is 0 Å². The van der Waals surface area contributed by atoms with Gasteiger partial charge in [0, 0.05) is 16.8 Å². The Morgan fingerprint density at radius 1 is 1.11 bits per heavy atom. The van der Waals surface area contributed by atoms with Gasteiger partial charge in [0.15, 0.2) is 0 Å². The van der Waals surface area contributed by atoms with Gasteiger partial charge in [0.05, 0.1) is 5.69 Å². The zero-order valence-corrected chi connectivity index (χ0v) is 11.6. The number of nitrogens with zero attached hydrogens (tertiary/aromatic N) is 2. The summed E-state index contributed by atoms with van der Waals surface area (Å²) in [5.41, 5.74) is 2.08. The first kappa shape index (κ1) is 12.1. The Kier molecular flexibility index (Phi) is 3.42. The van der Waals surface area contributed by atoms with Crippen LogP contribution in [0.25, 0.3) is 21.3 Å². The van der Waals surface area contributed by atoms with Crippen LogP contribution >= 0.6 is 11.3 Å². The first-order valence-corrected chi connectivity index (χ1v) is 7.30. The van der Waals surface area contributed by atoms with Gasteiger partial charge >= 0.3 is 0 Å². The molecule has 4 heteroatoms. The third-order valence-electron chi connectivity index (χ3n) is 2.98. The highest BCUT2D eigenvalue weighted by atomic mass is 32.1. The molecule has 0 unspecified atom stereocenters. The zero-order chi connectivity index (χ0) is 13.1. The van der Waals surface area contributed by atoms with Crippen molar-refractivity contribution in [3.63, 3.8) is 0 Å². The first-order chi connectivity index (χ1) is 9.38. The van der Waals surface area contributed by atoms with Gasteiger partial charge < -0.3 is 5.32 Å². The van der Waals surface area contributed by atoms with Crippen LogP contribution in [0.2, 0.25) is 0 Å². The van der Waals surface area contributed by atoms with E-state index < -0.39 is 0 Å². The van der Waals surface area contributed by atoms with Crippen molar-refractivity contribution in [3.05, 3.63) is 41.8 Å². The summed E-state index contributed by atoms with van der Waals surface area (Å²) in [4.78, 5) is 0. The van der Waals surface area contributed by atoms with E-state index >= 15 is 0 Å². The summed E-state index contributed by atoms with van der Waals surface area (Å²) in [6.07, 6.45) is 1.08. The molecular formula is C15H15N3S. The second kappa shape index (κ2) is 5.36. The average Bonchev–Trinajstić information content (AvgIpc) is 2.94. The van der Waals surface area contributed by atoms with Crippen molar-refractivity contribution in [3.8, 4) is 11.3 Å². The summed E-state index contributed by atoms with van der Waals surface area (Å²) in [7, 11) is 0. The highest BCUT2D eigenvalue weighted by molar-refractivity contribution is 7.17. The van der Waals surface area contributed by atoms with Crippen molar-refractivity contribution in [2.75, 3.05) is 11.9 Å². The maximum absolute atomic E-state index is 4.33. The molecule has 2 aromatic heterocycles. The number of anilines is 1. The number of nitrogens with one attached hydrogen (secondary N) is 1. The van der Waals surface area contributed by atoms with Crippen LogP contribution in [0.4, 0.5) is 5.82 Å². The molecular weight excluding hydrogens is 254 g/mol. The molecule has 0 aliphatic rings. The molecule has 0 bridgehead atoms. The van der Waals surface area contributed by atoms with Crippen molar-refractivity contribution in [2.24, 2.45) is 0 Å². The van der Waals surface area contributed by atoms with Crippen LogP contribution in [0.1, 0.15) is 13.3 Å². The summed E-state index contributed by atoms with van der Waals surface area (Å²) < 4.78 is 1.27. The summed E-state index contributed by atoms with van der Waals surface area (Å²) >= 11 is 1.74. The van der Waals surface area contributed by atoms with Crippen LogP contribution in [0, 0.1) is 0 Å². The maximum Gasteiger partial charge on any atom is 0.148 e. The number of hydrogen-bond donors (Lipinski definition) is 1. The van der Waals surface area contributed by atoms with Crippen molar-refractivity contribution in [2.45, 2.75) is 13.3 Å². The predicted octanol–water partition coefficient (Wildman–Crippen LogP) is 4.18. The Labute approximate surface area is 116 Å². The Morgan fingerprint density at radius 3 is 2.84 bits per heavy atom. The lowest BCUT2D eigenvalue weighted by Crippen LogP contribution is -2.02. The lowest BCUT2D eigenvalue weighted by atomic mass is 10.1. The average molecular weight is 269 g/mol. The van der Waals surface area contributed by atoms with Gasteiger partial charge in [-0.05, 0) is 35.4 Å². The summed E-state index contributed by atoms with van der Waals surface area (Å²) in [6, 6.07) is 12.4. The fourth-order valence-corrected chi connectivity index (χ4v) is 2.94. The molecule has 0 aliphatic carbocycles. The van der Waals surface area contributed by atoms with Gasteiger partial charge in [0.25, 0.3) is 0 Å². The molecule has 0 saturated carbocycles. The summed E-state index contributed by atoms with van der Waals surface area (Å²) in [5, 5.41) is 15.2. The van der Waals surface area contributed by atoms with E-state index in [0.29, 0.717) is 0 Å². The van der Waals surface area contributed by atoms with Crippen LogP contribution < -0.4 is 5.32 Å². The number of hydrogen-bond acceptors (Lipinski definition) is 4. The molecule has 3 nitrogen and oxygen atoms in total. The molecule has 96 valence electrons. The largest absolute Gasteiger partial charge is 0.369 e. The minimum absolute atomic E-state index is 0.837. The SMILES string of the molecule is CCCNc1ccc(-c2cccc3ccsc23)nn1. The molecule has 3 rings (SSSR count). The quantitative estimate of drug-likeness (QED) is 0.772. The van der Waals surface area contributed by atoms with E-state index in [1.54, 1.807) is 11.3 Å². The highest BCUT2D eigenvalue weighted by Gasteiger charge is 2.06. The van der Waals surface area contributed by atoms with Gasteiger partial charge in [-0.1, -0.05) is 25.1 Å². The molecule has 0 saturated heterocycles. The number of rotatable bonds is 4. The molecule has 1 N–H and O–H groups in total. The third-order valence-corrected chi connectivity index (χ3v) is 3.94. The van der Waals surface area contributed by atoms with Crippen LogP contribution in [0.15, 0.2) is 41.8 Å². The second-order valence-electron chi connectivity index (χ2n) is 4.38. The van der Waals surface area contributed by atoms with Gasteiger partial charge in [0.2, 0.25) is 0 Å². The standard InChI is InChI=1S/C15H15N3S/c1-2-9-16-14-7-6-13(17-18-14)12-5-3-4-11-8-10-19-15(11)12/h3-8,10H,2,9H2,1H3,(H,16,18). The Hall–Kier alpha value is -1.94. The van der Waals surface area contributed by atoms with Gasteiger partial charge in [-0.2, -0.15) is 0 Å². The van der Waals surface area contributed by atoms with E-state index in [-0.39, 0.29) is 0 Å². The van der Waals surface area contributed by atoms with Crippen LogP contribution in [0.3, 0.4) is 0 Å². The summed E-state index contributed by atoms with van der Waals surface area (Å²) in [6.45, 7) is 3.06. The molecule has 0 amide bonds. The Balaban J connectivity index is 1.95. The van der Waals surface area contributed by atoms with Gasteiger partial charge in [0.1, 0.15) is 5.82 Å². The minimum Gasteiger partial charge on any atom is -0.369 e. The van der Waals surface area contributed by atoms with E-state index in [1.807, 2.05) is 12.1 Å². The van der Waals surface area contributed by atoms with E-state index in [0.717, 1.165) is 30.0 Å². The smallest absolute Gasteiger partial charge is 0.148 e. The van der Waals surface area contributed by atoms with E-state index in [4.69, 9.17) is 0 Å². The van der Waals surface area contributed by atoms with E-state index in [9.17, 15) is 0 Å². The van der Waals surface area contributed by atoms with E-state index in [1.165, 1.54) is 10.1 Å². The topological polar surface area (TPSA) is 37.8 Å². The number of aromatic nitrogens is 2. The van der Waals surface area contributed by atoms with Crippen molar-refractivity contribution < 1.29 is 0 Å². The minimum atomic E-state index is 0.837. The molecule has 0 aliphatic heterocycles. The van der Waals surface area contributed by atoms with Gasteiger partial charge in [-0.15, -0.1) is 21.5 Å². The van der Waals surface area contributed by atoms with Crippen molar-refractivity contribution >= 4 is 27.2 Å². The van der Waals surface area contributed by atoms with Crippen LogP contribution in [0.5, 0.6) is 0 Å².